The third-order valence-corrected chi connectivity index (χ3v) is 6.05. The van der Waals surface area contributed by atoms with Gasteiger partial charge in [-0.1, -0.05) is 0 Å². The number of carbonyl (C=O) groups excluding carboxylic acids is 2. The first-order valence-electron chi connectivity index (χ1n) is 8.16. The Morgan fingerprint density at radius 2 is 1.66 bits per heavy atom. The van der Waals surface area contributed by atoms with Crippen LogP contribution in [-0.2, 0) is 14.8 Å². The van der Waals surface area contributed by atoms with Crippen LogP contribution in [0.5, 0.6) is 0 Å². The summed E-state index contributed by atoms with van der Waals surface area (Å²) in [4.78, 5) is 24.0. The number of benzene rings is 2. The summed E-state index contributed by atoms with van der Waals surface area (Å²) in [6, 6.07) is 11.7. The average molecular weight is 434 g/mol. The Kier molecular flexibility index (Phi) is 5.95. The summed E-state index contributed by atoms with van der Waals surface area (Å²) in [5, 5.41) is 4.62. The molecule has 0 spiro atoms. The first-order chi connectivity index (χ1) is 13.8. The lowest BCUT2D eigenvalue weighted by Gasteiger charge is -2.09. The summed E-state index contributed by atoms with van der Waals surface area (Å²) < 4.78 is 44.6. The van der Waals surface area contributed by atoms with Crippen molar-refractivity contribution in [2.75, 3.05) is 17.1 Å². The Morgan fingerprint density at radius 3 is 2.28 bits per heavy atom. The monoisotopic (exact) mass is 434 g/mol. The third-order valence-electron chi connectivity index (χ3n) is 3.82. The second-order valence-electron chi connectivity index (χ2n) is 5.75. The van der Waals surface area contributed by atoms with Gasteiger partial charge in [0.25, 0.3) is 15.9 Å². The molecule has 3 rings (SSSR count). The van der Waals surface area contributed by atoms with Crippen LogP contribution in [0, 0.1) is 5.82 Å². The van der Waals surface area contributed by atoms with Gasteiger partial charge in [0.2, 0.25) is 0 Å². The van der Waals surface area contributed by atoms with Crippen LogP contribution in [0.3, 0.4) is 0 Å². The second-order valence-corrected chi connectivity index (χ2v) is 8.34. The number of anilines is 2. The van der Waals surface area contributed by atoms with Gasteiger partial charge in [0, 0.05) is 11.3 Å². The van der Waals surface area contributed by atoms with E-state index in [1.54, 1.807) is 11.4 Å². The minimum Gasteiger partial charge on any atom is -0.465 e. The Balaban J connectivity index is 1.71. The van der Waals surface area contributed by atoms with Gasteiger partial charge in [-0.15, -0.1) is 11.3 Å². The van der Waals surface area contributed by atoms with Crippen molar-refractivity contribution in [1.82, 2.24) is 0 Å². The first kappa shape index (κ1) is 20.5. The molecule has 1 aromatic heterocycles. The number of hydrogen-bond acceptors (Lipinski definition) is 6. The molecule has 3 aromatic rings. The van der Waals surface area contributed by atoms with Gasteiger partial charge in [-0.2, -0.15) is 0 Å². The summed E-state index contributed by atoms with van der Waals surface area (Å²) in [6.07, 6.45) is 0. The van der Waals surface area contributed by atoms with E-state index < -0.39 is 27.7 Å². The Hall–Kier alpha value is -3.24. The largest absolute Gasteiger partial charge is 0.465 e. The highest BCUT2D eigenvalue weighted by Crippen LogP contribution is 2.25. The van der Waals surface area contributed by atoms with Gasteiger partial charge in [0.15, 0.2) is 0 Å². The number of nitrogens with one attached hydrogen (secondary N) is 2. The minimum atomic E-state index is -3.89. The number of hydrogen-bond donors (Lipinski definition) is 2. The topological polar surface area (TPSA) is 102 Å². The van der Waals surface area contributed by atoms with Crippen molar-refractivity contribution in [3.63, 3.8) is 0 Å². The molecule has 0 bridgehead atoms. The Bertz CT molecular complexity index is 1140. The molecule has 2 N–H and O–H groups in total. The molecule has 0 saturated heterocycles. The van der Waals surface area contributed by atoms with E-state index in [1.807, 2.05) is 0 Å². The molecule has 29 heavy (non-hydrogen) atoms. The van der Waals surface area contributed by atoms with Crippen LogP contribution in [0.4, 0.5) is 15.1 Å². The third kappa shape index (κ3) is 4.79. The SMILES string of the molecule is COC(=O)c1ccsc1NC(=O)c1ccc(NS(=O)(=O)c2ccc(F)cc2)cc1. The molecule has 0 aliphatic rings. The highest BCUT2D eigenvalue weighted by atomic mass is 32.2. The number of thiophene rings is 1. The molecular formula is C19H15FN2O5S2. The van der Waals surface area contributed by atoms with E-state index in [1.165, 1.54) is 42.7 Å². The molecule has 0 radical (unpaired) electrons. The maximum atomic E-state index is 13.0. The van der Waals surface area contributed by atoms with Crippen LogP contribution in [-0.4, -0.2) is 27.4 Å². The molecule has 150 valence electrons. The fourth-order valence-corrected chi connectivity index (χ4v) is 4.20. The predicted molar refractivity (Wildman–Crippen MR) is 107 cm³/mol. The van der Waals surface area contributed by atoms with E-state index in [-0.39, 0.29) is 21.7 Å². The van der Waals surface area contributed by atoms with Crippen molar-refractivity contribution in [2.45, 2.75) is 4.90 Å². The number of carbonyl (C=O) groups is 2. The number of methoxy groups -OCH3 is 1. The van der Waals surface area contributed by atoms with E-state index in [4.69, 9.17) is 0 Å². The van der Waals surface area contributed by atoms with Crippen LogP contribution < -0.4 is 10.0 Å². The number of esters is 1. The second kappa shape index (κ2) is 8.41. The normalized spacial score (nSPS) is 11.0. The molecule has 0 aliphatic heterocycles. The van der Waals surface area contributed by atoms with E-state index in [0.29, 0.717) is 5.00 Å². The fourth-order valence-electron chi connectivity index (χ4n) is 2.37. The molecule has 0 aliphatic carbocycles. The van der Waals surface area contributed by atoms with Crippen molar-refractivity contribution < 1.29 is 27.1 Å². The summed E-state index contributed by atoms with van der Waals surface area (Å²) in [7, 11) is -2.64. The molecule has 10 heteroatoms. The van der Waals surface area contributed by atoms with Gasteiger partial charge < -0.3 is 10.1 Å². The lowest BCUT2D eigenvalue weighted by Crippen LogP contribution is -2.15. The number of ether oxygens (including phenoxy) is 1. The number of halogens is 1. The van der Waals surface area contributed by atoms with Crippen molar-refractivity contribution in [3.05, 3.63) is 76.9 Å². The van der Waals surface area contributed by atoms with E-state index in [0.717, 1.165) is 24.3 Å². The molecule has 2 aromatic carbocycles. The highest BCUT2D eigenvalue weighted by molar-refractivity contribution is 7.92. The molecule has 0 unspecified atom stereocenters. The van der Waals surface area contributed by atoms with Gasteiger partial charge in [-0.05, 0) is 60.0 Å². The standard InChI is InChI=1S/C19H15FN2O5S2/c1-27-19(24)16-10-11-28-18(16)21-17(23)12-2-6-14(7-3-12)22-29(25,26)15-8-4-13(20)5-9-15/h2-11,22H,1H3,(H,21,23). The van der Waals surface area contributed by atoms with Crippen molar-refractivity contribution >= 4 is 43.9 Å². The molecule has 1 amide bonds. The molecule has 0 fully saturated rings. The fraction of sp³-hybridized carbons (Fsp3) is 0.0526. The van der Waals surface area contributed by atoms with Crippen LogP contribution in [0.2, 0.25) is 0 Å². The van der Waals surface area contributed by atoms with Crippen LogP contribution in [0.15, 0.2) is 64.9 Å². The molecule has 1 heterocycles. The smallest absolute Gasteiger partial charge is 0.340 e. The molecule has 0 atom stereocenters. The maximum Gasteiger partial charge on any atom is 0.340 e. The molecule has 0 saturated carbocycles. The lowest BCUT2D eigenvalue weighted by molar-refractivity contribution is 0.0602. The van der Waals surface area contributed by atoms with Crippen molar-refractivity contribution in [2.24, 2.45) is 0 Å². The van der Waals surface area contributed by atoms with Crippen LogP contribution >= 0.6 is 11.3 Å². The zero-order valence-electron chi connectivity index (χ0n) is 15.0. The van der Waals surface area contributed by atoms with E-state index in [2.05, 4.69) is 14.8 Å². The zero-order chi connectivity index (χ0) is 21.0. The van der Waals surface area contributed by atoms with E-state index >= 15 is 0 Å². The summed E-state index contributed by atoms with van der Waals surface area (Å²) in [5.41, 5.74) is 0.741. The first-order valence-corrected chi connectivity index (χ1v) is 10.5. The van der Waals surface area contributed by atoms with Gasteiger partial charge >= 0.3 is 5.97 Å². The summed E-state index contributed by atoms with van der Waals surface area (Å²) >= 11 is 1.17. The van der Waals surface area contributed by atoms with Crippen molar-refractivity contribution in [1.29, 1.82) is 0 Å². The lowest BCUT2D eigenvalue weighted by atomic mass is 10.2. The zero-order valence-corrected chi connectivity index (χ0v) is 16.6. The van der Waals surface area contributed by atoms with Gasteiger partial charge in [-0.3, -0.25) is 9.52 Å². The molecular weight excluding hydrogens is 419 g/mol. The number of sulfonamides is 1. The summed E-state index contributed by atoms with van der Waals surface area (Å²) in [6.45, 7) is 0. The minimum absolute atomic E-state index is 0.0891. The predicted octanol–water partition coefficient (Wildman–Crippen LogP) is 3.73. The van der Waals surface area contributed by atoms with Crippen molar-refractivity contribution in [3.8, 4) is 0 Å². The Morgan fingerprint density at radius 1 is 1.00 bits per heavy atom. The average Bonchev–Trinajstić information content (AvgIpc) is 3.16. The van der Waals surface area contributed by atoms with E-state index in [9.17, 15) is 22.4 Å². The molecule has 7 nitrogen and oxygen atoms in total. The van der Waals surface area contributed by atoms with Gasteiger partial charge in [0.05, 0.1) is 17.6 Å². The van der Waals surface area contributed by atoms with Gasteiger partial charge in [0.1, 0.15) is 10.8 Å². The van der Waals surface area contributed by atoms with Crippen LogP contribution in [0.25, 0.3) is 0 Å². The Labute approximate surface area is 170 Å². The number of amides is 1. The summed E-state index contributed by atoms with van der Waals surface area (Å²) in [5.74, 6) is -1.57. The number of rotatable bonds is 6. The van der Waals surface area contributed by atoms with Crippen LogP contribution in [0.1, 0.15) is 20.7 Å². The quantitative estimate of drug-likeness (QED) is 0.576. The van der Waals surface area contributed by atoms with Gasteiger partial charge in [-0.25, -0.2) is 17.6 Å². The maximum absolute atomic E-state index is 13.0. The highest BCUT2D eigenvalue weighted by Gasteiger charge is 2.17.